The Bertz CT molecular complexity index is 918. The molecule has 3 rings (SSSR count). The van der Waals surface area contributed by atoms with E-state index in [2.05, 4.69) is 20.3 Å². The van der Waals surface area contributed by atoms with Crippen LogP contribution in [-0.2, 0) is 0 Å². The quantitative estimate of drug-likeness (QED) is 0.570. The van der Waals surface area contributed by atoms with Crippen LogP contribution in [0.3, 0.4) is 0 Å². The highest BCUT2D eigenvalue weighted by Crippen LogP contribution is 2.32. The fourth-order valence-corrected chi connectivity index (χ4v) is 2.30. The zero-order valence-electron chi connectivity index (χ0n) is 13.1. The van der Waals surface area contributed by atoms with E-state index in [-0.39, 0.29) is 0 Å². The number of aromatic amines is 1. The van der Waals surface area contributed by atoms with Crippen LogP contribution in [0.5, 0.6) is 11.5 Å². The van der Waals surface area contributed by atoms with Crippen molar-refractivity contribution < 1.29 is 9.47 Å². The Morgan fingerprint density at radius 2 is 2.08 bits per heavy atom. The second kappa shape index (κ2) is 7.05. The van der Waals surface area contributed by atoms with E-state index in [9.17, 15) is 0 Å². The van der Waals surface area contributed by atoms with Crippen LogP contribution >= 0.6 is 12.2 Å². The highest BCUT2D eigenvalue weighted by atomic mass is 32.1. The molecular weight excluding hydrogens is 326 g/mol. The normalized spacial score (nSPS) is 10.9. The molecule has 0 atom stereocenters. The predicted octanol–water partition coefficient (Wildman–Crippen LogP) is 2.90. The Balaban J connectivity index is 2.05. The van der Waals surface area contributed by atoms with Gasteiger partial charge in [-0.25, -0.2) is 5.10 Å². The van der Waals surface area contributed by atoms with Gasteiger partial charge < -0.3 is 9.47 Å². The third-order valence-corrected chi connectivity index (χ3v) is 3.56. The first-order valence-corrected chi connectivity index (χ1v) is 7.49. The molecule has 0 saturated carbocycles. The Kier molecular flexibility index (Phi) is 4.66. The summed E-state index contributed by atoms with van der Waals surface area (Å²) in [4.78, 5) is 4.20. The smallest absolute Gasteiger partial charge is 0.216 e. The predicted molar refractivity (Wildman–Crippen MR) is 93.2 cm³/mol. The summed E-state index contributed by atoms with van der Waals surface area (Å²) in [6.45, 7) is 0. The highest BCUT2D eigenvalue weighted by Gasteiger charge is 2.14. The number of nitrogens with zero attached hydrogens (tertiary/aromatic N) is 4. The number of pyridine rings is 1. The zero-order valence-corrected chi connectivity index (χ0v) is 13.9. The molecule has 0 saturated heterocycles. The minimum absolute atomic E-state index is 0.370. The summed E-state index contributed by atoms with van der Waals surface area (Å²) < 4.78 is 12.5. The lowest BCUT2D eigenvalue weighted by atomic mass is 10.2. The van der Waals surface area contributed by atoms with Crippen molar-refractivity contribution in [1.29, 1.82) is 0 Å². The molecule has 1 aromatic carbocycles. The summed E-state index contributed by atoms with van der Waals surface area (Å²) in [5.41, 5.74) is 1.46. The van der Waals surface area contributed by atoms with E-state index in [0.29, 0.717) is 27.8 Å². The van der Waals surface area contributed by atoms with Crippen molar-refractivity contribution in [2.75, 3.05) is 14.2 Å². The van der Waals surface area contributed by atoms with Crippen LogP contribution in [-0.4, -0.2) is 40.3 Å². The molecule has 0 aliphatic heterocycles. The molecule has 3 aromatic rings. The molecule has 122 valence electrons. The topological polar surface area (TPSA) is 77.3 Å². The molecular formula is C16H15N5O2S. The van der Waals surface area contributed by atoms with Crippen molar-refractivity contribution in [2.24, 2.45) is 5.10 Å². The highest BCUT2D eigenvalue weighted by molar-refractivity contribution is 7.71. The van der Waals surface area contributed by atoms with E-state index in [1.807, 2.05) is 30.3 Å². The van der Waals surface area contributed by atoms with Gasteiger partial charge in [0.05, 0.1) is 31.7 Å². The van der Waals surface area contributed by atoms with Gasteiger partial charge in [-0.15, -0.1) is 0 Å². The Morgan fingerprint density at radius 1 is 1.21 bits per heavy atom. The first-order valence-electron chi connectivity index (χ1n) is 7.08. The van der Waals surface area contributed by atoms with Crippen molar-refractivity contribution >= 4 is 18.4 Å². The van der Waals surface area contributed by atoms with Crippen molar-refractivity contribution in [1.82, 2.24) is 19.9 Å². The SMILES string of the molecule is COc1ccc(-c2n[nH]c(=S)n2/N=C\c2ccccn2)c(OC)c1. The van der Waals surface area contributed by atoms with Gasteiger partial charge in [0.15, 0.2) is 5.82 Å². The molecule has 2 heterocycles. The van der Waals surface area contributed by atoms with Crippen LogP contribution in [0.1, 0.15) is 5.69 Å². The summed E-state index contributed by atoms with van der Waals surface area (Å²) >= 11 is 5.26. The molecule has 1 N–H and O–H groups in total. The van der Waals surface area contributed by atoms with Crippen LogP contribution in [0.25, 0.3) is 11.4 Å². The van der Waals surface area contributed by atoms with Gasteiger partial charge in [0, 0.05) is 12.3 Å². The Hall–Kier alpha value is -3.00. The van der Waals surface area contributed by atoms with Crippen LogP contribution in [0.15, 0.2) is 47.7 Å². The van der Waals surface area contributed by atoms with Gasteiger partial charge in [-0.2, -0.15) is 14.9 Å². The molecule has 7 nitrogen and oxygen atoms in total. The van der Waals surface area contributed by atoms with Gasteiger partial charge >= 0.3 is 0 Å². The Labute approximate surface area is 143 Å². The number of hydrogen-bond acceptors (Lipinski definition) is 6. The van der Waals surface area contributed by atoms with Gasteiger partial charge in [0.2, 0.25) is 4.77 Å². The molecule has 0 spiro atoms. The molecule has 0 bridgehead atoms. The number of ether oxygens (including phenoxy) is 2. The standard InChI is InChI=1S/C16H15N5O2S/c1-22-12-6-7-13(14(9-12)23-2)15-19-20-16(24)21(15)18-10-11-5-3-4-8-17-11/h3-10H,1-2H3,(H,20,24)/b18-10-. The van der Waals surface area contributed by atoms with E-state index >= 15 is 0 Å². The first kappa shape index (κ1) is 15.9. The van der Waals surface area contributed by atoms with Gasteiger partial charge in [0.1, 0.15) is 11.5 Å². The van der Waals surface area contributed by atoms with E-state index in [1.54, 1.807) is 32.7 Å². The maximum Gasteiger partial charge on any atom is 0.216 e. The minimum Gasteiger partial charge on any atom is -0.497 e. The summed E-state index contributed by atoms with van der Waals surface area (Å²) in [6.07, 6.45) is 3.31. The lowest BCUT2D eigenvalue weighted by Crippen LogP contribution is -1.98. The average molecular weight is 341 g/mol. The number of benzene rings is 1. The number of methoxy groups -OCH3 is 2. The molecule has 0 aliphatic carbocycles. The maximum atomic E-state index is 5.42. The van der Waals surface area contributed by atoms with E-state index in [0.717, 1.165) is 5.56 Å². The Morgan fingerprint density at radius 3 is 2.79 bits per heavy atom. The van der Waals surface area contributed by atoms with Crippen LogP contribution < -0.4 is 9.47 Å². The molecule has 8 heteroatoms. The molecule has 0 fully saturated rings. The van der Waals surface area contributed by atoms with Gasteiger partial charge in [0.25, 0.3) is 0 Å². The fraction of sp³-hybridized carbons (Fsp3) is 0.125. The third kappa shape index (κ3) is 3.18. The summed E-state index contributed by atoms with van der Waals surface area (Å²) in [5.74, 6) is 1.83. The molecule has 0 aliphatic rings. The number of rotatable bonds is 5. The van der Waals surface area contributed by atoms with Crippen LogP contribution in [0.2, 0.25) is 0 Å². The molecule has 0 amide bonds. The van der Waals surface area contributed by atoms with E-state index in [1.165, 1.54) is 4.68 Å². The molecule has 24 heavy (non-hydrogen) atoms. The second-order valence-corrected chi connectivity index (χ2v) is 5.12. The summed E-state index contributed by atoms with van der Waals surface area (Å²) in [7, 11) is 3.18. The fourth-order valence-electron chi connectivity index (χ4n) is 2.13. The maximum absolute atomic E-state index is 5.42. The van der Waals surface area contributed by atoms with Crippen molar-refractivity contribution in [3.8, 4) is 22.9 Å². The largest absolute Gasteiger partial charge is 0.497 e. The molecule has 2 aromatic heterocycles. The van der Waals surface area contributed by atoms with Crippen LogP contribution in [0, 0.1) is 4.77 Å². The minimum atomic E-state index is 0.370. The number of hydrogen-bond donors (Lipinski definition) is 1. The summed E-state index contributed by atoms with van der Waals surface area (Å²) in [6, 6.07) is 11.0. The molecule has 0 unspecified atom stereocenters. The van der Waals surface area contributed by atoms with Crippen molar-refractivity contribution in [3.63, 3.8) is 0 Å². The van der Waals surface area contributed by atoms with E-state index < -0.39 is 0 Å². The van der Waals surface area contributed by atoms with Crippen molar-refractivity contribution in [3.05, 3.63) is 53.1 Å². The molecule has 0 radical (unpaired) electrons. The second-order valence-electron chi connectivity index (χ2n) is 4.73. The van der Waals surface area contributed by atoms with Crippen molar-refractivity contribution in [2.45, 2.75) is 0 Å². The van der Waals surface area contributed by atoms with Crippen LogP contribution in [0.4, 0.5) is 0 Å². The lowest BCUT2D eigenvalue weighted by molar-refractivity contribution is 0.395. The van der Waals surface area contributed by atoms with Gasteiger partial charge in [-0.3, -0.25) is 4.98 Å². The lowest BCUT2D eigenvalue weighted by Gasteiger charge is -2.09. The average Bonchev–Trinajstić information content (AvgIpc) is 3.00. The summed E-state index contributed by atoms with van der Waals surface area (Å²) in [5, 5.41) is 11.4. The number of nitrogens with one attached hydrogen (secondary N) is 1. The monoisotopic (exact) mass is 341 g/mol. The van der Waals surface area contributed by atoms with Gasteiger partial charge in [-0.1, -0.05) is 6.07 Å². The number of aromatic nitrogens is 4. The van der Waals surface area contributed by atoms with Gasteiger partial charge in [-0.05, 0) is 36.5 Å². The number of H-pyrrole nitrogens is 1. The van der Waals surface area contributed by atoms with E-state index in [4.69, 9.17) is 21.7 Å². The first-order chi connectivity index (χ1) is 11.7. The zero-order chi connectivity index (χ0) is 16.9. The third-order valence-electron chi connectivity index (χ3n) is 3.29.